The van der Waals surface area contributed by atoms with Gasteiger partial charge in [-0.1, -0.05) is 30.4 Å². The summed E-state index contributed by atoms with van der Waals surface area (Å²) in [5, 5.41) is 8.88. The second-order valence-electron chi connectivity index (χ2n) is 3.74. The molecule has 4 heteroatoms. The van der Waals surface area contributed by atoms with Gasteiger partial charge in [0.05, 0.1) is 5.69 Å². The fraction of sp³-hybridized carbons (Fsp3) is 0.0714. The van der Waals surface area contributed by atoms with Crippen LogP contribution in [0.2, 0.25) is 0 Å². The highest BCUT2D eigenvalue weighted by molar-refractivity contribution is 5.91. The quantitative estimate of drug-likeness (QED) is 0.745. The number of fused-ring (bicyclic) bond motifs is 1. The number of H-pyrrole nitrogens is 1. The second kappa shape index (κ2) is 5.72. The van der Waals surface area contributed by atoms with E-state index in [9.17, 15) is 4.79 Å². The lowest BCUT2D eigenvalue weighted by atomic mass is 10.1. The van der Waals surface area contributed by atoms with Gasteiger partial charge in [0.2, 0.25) is 0 Å². The maximum absolute atomic E-state index is 10.8. The Labute approximate surface area is 105 Å². The molecule has 0 unspecified atom stereocenters. The normalized spacial score (nSPS) is 12.3. The van der Waals surface area contributed by atoms with Gasteiger partial charge in [0.25, 0.3) is 0 Å². The SMILES string of the molecule is O=C(O)N1CC=Cc2ccccc21.c1cc[nH]c1. The van der Waals surface area contributed by atoms with Crippen molar-refractivity contribution < 1.29 is 9.90 Å². The third-order valence-corrected chi connectivity index (χ3v) is 2.54. The van der Waals surface area contributed by atoms with E-state index in [0.717, 1.165) is 11.3 Å². The van der Waals surface area contributed by atoms with Crippen molar-refractivity contribution in [1.29, 1.82) is 0 Å². The van der Waals surface area contributed by atoms with Crippen LogP contribution in [0.3, 0.4) is 0 Å². The van der Waals surface area contributed by atoms with Crippen molar-refractivity contribution in [3.63, 3.8) is 0 Å². The molecule has 2 N–H and O–H groups in total. The fourth-order valence-corrected chi connectivity index (χ4v) is 1.72. The van der Waals surface area contributed by atoms with Crippen LogP contribution in [0, 0.1) is 0 Å². The molecular weight excluding hydrogens is 228 g/mol. The zero-order valence-electron chi connectivity index (χ0n) is 9.78. The molecule has 1 aliphatic rings. The van der Waals surface area contributed by atoms with Crippen molar-refractivity contribution in [3.8, 4) is 0 Å². The predicted molar refractivity (Wildman–Crippen MR) is 71.6 cm³/mol. The Balaban J connectivity index is 0.000000202. The highest BCUT2D eigenvalue weighted by Crippen LogP contribution is 2.24. The highest BCUT2D eigenvalue weighted by atomic mass is 16.4. The number of para-hydroxylation sites is 1. The van der Waals surface area contributed by atoms with Crippen molar-refractivity contribution in [2.24, 2.45) is 0 Å². The summed E-state index contributed by atoms with van der Waals surface area (Å²) < 4.78 is 0. The van der Waals surface area contributed by atoms with E-state index >= 15 is 0 Å². The molecule has 2 aromatic rings. The number of amides is 1. The number of nitrogens with one attached hydrogen (secondary N) is 1. The maximum Gasteiger partial charge on any atom is 0.412 e. The summed E-state index contributed by atoms with van der Waals surface area (Å²) in [6.07, 6.45) is 6.63. The lowest BCUT2D eigenvalue weighted by Gasteiger charge is -2.22. The smallest absolute Gasteiger partial charge is 0.412 e. The Morgan fingerprint density at radius 2 is 1.89 bits per heavy atom. The van der Waals surface area contributed by atoms with E-state index < -0.39 is 6.09 Å². The van der Waals surface area contributed by atoms with Gasteiger partial charge >= 0.3 is 6.09 Å². The Morgan fingerprint density at radius 3 is 2.50 bits per heavy atom. The van der Waals surface area contributed by atoms with Gasteiger partial charge in [0.15, 0.2) is 0 Å². The average molecular weight is 242 g/mol. The van der Waals surface area contributed by atoms with Gasteiger partial charge < -0.3 is 10.1 Å². The molecule has 0 radical (unpaired) electrons. The zero-order chi connectivity index (χ0) is 12.8. The molecule has 0 atom stereocenters. The molecule has 0 spiro atoms. The molecule has 1 aliphatic heterocycles. The Bertz CT molecular complexity index is 515. The molecular formula is C14H14N2O2. The van der Waals surface area contributed by atoms with Gasteiger partial charge in [-0.3, -0.25) is 4.90 Å². The summed E-state index contributed by atoms with van der Waals surface area (Å²) in [7, 11) is 0. The first kappa shape index (κ1) is 12.0. The summed E-state index contributed by atoms with van der Waals surface area (Å²) in [4.78, 5) is 15.0. The van der Waals surface area contributed by atoms with Gasteiger partial charge in [-0.05, 0) is 23.8 Å². The van der Waals surface area contributed by atoms with E-state index in [-0.39, 0.29) is 0 Å². The minimum Gasteiger partial charge on any atom is -0.465 e. The van der Waals surface area contributed by atoms with Crippen LogP contribution in [0.15, 0.2) is 54.9 Å². The highest BCUT2D eigenvalue weighted by Gasteiger charge is 2.17. The Morgan fingerprint density at radius 1 is 1.17 bits per heavy atom. The van der Waals surface area contributed by atoms with E-state index in [4.69, 9.17) is 5.11 Å². The molecule has 2 heterocycles. The molecule has 18 heavy (non-hydrogen) atoms. The predicted octanol–water partition coefficient (Wildman–Crippen LogP) is 3.21. The van der Waals surface area contributed by atoms with Crippen LogP contribution in [-0.2, 0) is 0 Å². The van der Waals surface area contributed by atoms with E-state index in [0.29, 0.717) is 6.54 Å². The van der Waals surface area contributed by atoms with Gasteiger partial charge in [0, 0.05) is 18.9 Å². The molecule has 0 aliphatic carbocycles. The van der Waals surface area contributed by atoms with Crippen LogP contribution in [0.25, 0.3) is 6.08 Å². The molecule has 1 aromatic carbocycles. The van der Waals surface area contributed by atoms with E-state index in [1.54, 1.807) is 0 Å². The van der Waals surface area contributed by atoms with Gasteiger partial charge in [-0.15, -0.1) is 0 Å². The number of anilines is 1. The molecule has 1 amide bonds. The topological polar surface area (TPSA) is 56.3 Å². The number of nitrogens with zero attached hydrogens (tertiary/aromatic N) is 1. The molecule has 92 valence electrons. The average Bonchev–Trinajstić information content (AvgIpc) is 2.97. The van der Waals surface area contributed by atoms with Crippen LogP contribution >= 0.6 is 0 Å². The number of carboxylic acid groups (broad SMARTS) is 1. The van der Waals surface area contributed by atoms with Crippen LogP contribution in [0.5, 0.6) is 0 Å². The number of carbonyl (C=O) groups is 1. The van der Waals surface area contributed by atoms with E-state index in [1.165, 1.54) is 4.90 Å². The molecule has 3 rings (SSSR count). The first-order valence-corrected chi connectivity index (χ1v) is 5.63. The summed E-state index contributed by atoms with van der Waals surface area (Å²) >= 11 is 0. The van der Waals surface area contributed by atoms with E-state index in [2.05, 4.69) is 4.98 Å². The summed E-state index contributed by atoms with van der Waals surface area (Å²) in [5.41, 5.74) is 1.72. The Kier molecular flexibility index (Phi) is 3.81. The van der Waals surface area contributed by atoms with Crippen LogP contribution in [0.1, 0.15) is 5.56 Å². The largest absolute Gasteiger partial charge is 0.465 e. The number of hydrogen-bond donors (Lipinski definition) is 2. The van der Waals surface area contributed by atoms with Crippen molar-refractivity contribution >= 4 is 17.9 Å². The lowest BCUT2D eigenvalue weighted by Crippen LogP contribution is -2.31. The lowest BCUT2D eigenvalue weighted by molar-refractivity contribution is 0.202. The number of benzene rings is 1. The van der Waals surface area contributed by atoms with Crippen LogP contribution < -0.4 is 4.90 Å². The number of rotatable bonds is 0. The first-order chi connectivity index (χ1) is 8.79. The van der Waals surface area contributed by atoms with Crippen molar-refractivity contribution in [2.45, 2.75) is 0 Å². The van der Waals surface area contributed by atoms with Crippen molar-refractivity contribution in [2.75, 3.05) is 11.4 Å². The molecule has 0 saturated carbocycles. The number of aromatic amines is 1. The van der Waals surface area contributed by atoms with Gasteiger partial charge in [0.1, 0.15) is 0 Å². The number of aromatic nitrogens is 1. The third-order valence-electron chi connectivity index (χ3n) is 2.54. The zero-order valence-corrected chi connectivity index (χ0v) is 9.78. The summed E-state index contributed by atoms with van der Waals surface area (Å²) in [5.74, 6) is 0. The molecule has 0 saturated heterocycles. The molecule has 4 nitrogen and oxygen atoms in total. The fourth-order valence-electron chi connectivity index (χ4n) is 1.72. The van der Waals surface area contributed by atoms with Gasteiger partial charge in [-0.2, -0.15) is 0 Å². The van der Waals surface area contributed by atoms with E-state index in [1.807, 2.05) is 60.9 Å². The summed E-state index contributed by atoms with van der Waals surface area (Å²) in [6, 6.07) is 11.3. The Hall–Kier alpha value is -2.49. The van der Waals surface area contributed by atoms with Crippen molar-refractivity contribution in [3.05, 3.63) is 60.4 Å². The number of hydrogen-bond acceptors (Lipinski definition) is 1. The summed E-state index contributed by atoms with van der Waals surface area (Å²) in [6.45, 7) is 0.437. The molecule has 0 fully saturated rings. The molecule has 1 aromatic heterocycles. The maximum atomic E-state index is 10.8. The minimum absolute atomic E-state index is 0.437. The van der Waals surface area contributed by atoms with Crippen molar-refractivity contribution in [1.82, 2.24) is 4.98 Å². The minimum atomic E-state index is -0.906. The van der Waals surface area contributed by atoms with Crippen LogP contribution in [-0.4, -0.2) is 22.7 Å². The first-order valence-electron chi connectivity index (χ1n) is 5.63. The molecule has 0 bridgehead atoms. The van der Waals surface area contributed by atoms with Gasteiger partial charge in [-0.25, -0.2) is 4.79 Å². The standard InChI is InChI=1S/C10H9NO2.C4H5N/c12-10(13)11-7-3-5-8-4-1-2-6-9(8)11;1-2-4-5-3-1/h1-6H,7H2,(H,12,13);1-5H. The second-order valence-corrected chi connectivity index (χ2v) is 3.74. The third kappa shape index (κ3) is 2.79. The van der Waals surface area contributed by atoms with Crippen LogP contribution in [0.4, 0.5) is 10.5 Å². The monoisotopic (exact) mass is 242 g/mol.